The van der Waals surface area contributed by atoms with Crippen LogP contribution >= 0.6 is 0 Å². The van der Waals surface area contributed by atoms with E-state index in [9.17, 15) is 13.2 Å². The summed E-state index contributed by atoms with van der Waals surface area (Å²) in [5.41, 5.74) is 4.76. The maximum Gasteiger partial charge on any atom is 0.262 e. The highest BCUT2D eigenvalue weighted by Crippen LogP contribution is 2.45. The number of hydrogen-bond acceptors (Lipinski definition) is 6. The second-order valence-electron chi connectivity index (χ2n) is 11.0. The van der Waals surface area contributed by atoms with Crippen LogP contribution in [0.25, 0.3) is 0 Å². The van der Waals surface area contributed by atoms with Crippen LogP contribution in [0.3, 0.4) is 0 Å². The van der Waals surface area contributed by atoms with Crippen molar-refractivity contribution in [3.05, 3.63) is 144 Å². The van der Waals surface area contributed by atoms with Gasteiger partial charge in [-0.2, -0.15) is 0 Å². The molecular weight excluding hydrogens is 598 g/mol. The normalized spacial score (nSPS) is 14.5. The zero-order valence-corrected chi connectivity index (χ0v) is 26.7. The molecule has 5 aromatic rings. The molecule has 1 aliphatic rings. The average molecular weight is 634 g/mol. The van der Waals surface area contributed by atoms with E-state index >= 15 is 0 Å². The van der Waals surface area contributed by atoms with E-state index in [0.29, 0.717) is 41.7 Å². The number of ether oxygens (including phenoxy) is 2. The maximum absolute atomic E-state index is 14.7. The number of nitrogens with one attached hydrogen (secondary N) is 1. The number of fused-ring (bicyclic) bond motifs is 1. The van der Waals surface area contributed by atoms with Gasteiger partial charge in [-0.25, -0.2) is 8.42 Å². The Labute approximate surface area is 269 Å². The quantitative estimate of drug-likeness (QED) is 0.171. The number of benzene rings is 5. The van der Waals surface area contributed by atoms with Crippen molar-refractivity contribution in [1.29, 1.82) is 0 Å². The molecule has 9 heteroatoms. The predicted molar refractivity (Wildman–Crippen MR) is 181 cm³/mol. The van der Waals surface area contributed by atoms with Gasteiger partial charge >= 0.3 is 0 Å². The maximum atomic E-state index is 14.7. The van der Waals surface area contributed by atoms with Gasteiger partial charge in [0.25, 0.3) is 15.9 Å². The molecule has 6 rings (SSSR count). The number of nitrogens with zero attached hydrogens (tertiary/aromatic N) is 2. The topological polar surface area (TPSA) is 88.2 Å². The third-order valence-corrected chi connectivity index (χ3v) is 9.30. The van der Waals surface area contributed by atoms with Gasteiger partial charge in [-0.3, -0.25) is 14.4 Å². The molecule has 1 atom stereocenters. The second-order valence-corrected chi connectivity index (χ2v) is 12.7. The molecule has 0 aromatic heterocycles. The molecule has 46 heavy (non-hydrogen) atoms. The van der Waals surface area contributed by atoms with E-state index in [2.05, 4.69) is 9.62 Å². The number of carbonyl (C=O) groups excluding carboxylic acids is 1. The van der Waals surface area contributed by atoms with Crippen molar-refractivity contribution in [3.8, 4) is 11.5 Å². The van der Waals surface area contributed by atoms with Crippen molar-refractivity contribution >= 4 is 33.0 Å². The summed E-state index contributed by atoms with van der Waals surface area (Å²) in [4.78, 5) is 18.5. The van der Waals surface area contributed by atoms with Gasteiger partial charge in [0.05, 0.1) is 29.9 Å². The first-order valence-corrected chi connectivity index (χ1v) is 16.5. The van der Waals surface area contributed by atoms with E-state index in [1.807, 2.05) is 105 Å². The molecule has 1 N–H and O–H groups in total. The lowest BCUT2D eigenvalue weighted by Crippen LogP contribution is -2.49. The van der Waals surface area contributed by atoms with Crippen LogP contribution < -0.4 is 24.0 Å². The van der Waals surface area contributed by atoms with Crippen molar-refractivity contribution in [2.45, 2.75) is 31.5 Å². The zero-order valence-electron chi connectivity index (χ0n) is 25.9. The first kappa shape index (κ1) is 30.7. The number of methoxy groups -OCH3 is 1. The number of aryl methyl sites for hydroxylation is 1. The van der Waals surface area contributed by atoms with E-state index in [-0.39, 0.29) is 16.4 Å². The van der Waals surface area contributed by atoms with Gasteiger partial charge in [-0.1, -0.05) is 66.2 Å². The molecule has 0 radical (unpaired) electrons. The minimum Gasteiger partial charge on any atom is -0.496 e. The molecule has 0 saturated heterocycles. The van der Waals surface area contributed by atoms with Gasteiger partial charge in [-0.15, -0.1) is 0 Å². The molecule has 1 unspecified atom stereocenters. The van der Waals surface area contributed by atoms with Crippen LogP contribution in [-0.2, 0) is 16.6 Å². The number of amides is 1. The molecule has 1 amide bonds. The number of hydrogen-bond donors (Lipinski definition) is 1. The van der Waals surface area contributed by atoms with Crippen molar-refractivity contribution in [3.63, 3.8) is 0 Å². The number of rotatable bonds is 10. The summed E-state index contributed by atoms with van der Waals surface area (Å²) in [6, 6.07) is 36.8. The number of carbonyl (C=O) groups is 1. The summed E-state index contributed by atoms with van der Waals surface area (Å²) in [5, 5.41) is 0. The van der Waals surface area contributed by atoms with Gasteiger partial charge in [0.15, 0.2) is 0 Å². The fraction of sp³-hybridized carbons (Fsp3) is 0.162. The highest BCUT2D eigenvalue weighted by molar-refractivity contribution is 7.92. The molecular formula is C37H35N3O5S. The first-order chi connectivity index (χ1) is 22.3. The molecule has 0 spiro atoms. The van der Waals surface area contributed by atoms with Crippen LogP contribution in [0, 0.1) is 6.92 Å². The summed E-state index contributed by atoms with van der Waals surface area (Å²) in [6.07, 6.45) is -0.623. The highest BCUT2D eigenvalue weighted by Gasteiger charge is 2.41. The third-order valence-electron chi connectivity index (χ3n) is 7.92. The van der Waals surface area contributed by atoms with E-state index < -0.39 is 16.2 Å². The summed E-state index contributed by atoms with van der Waals surface area (Å²) in [7, 11) is -2.40. The van der Waals surface area contributed by atoms with E-state index in [4.69, 9.17) is 9.47 Å². The highest BCUT2D eigenvalue weighted by atomic mass is 32.2. The summed E-state index contributed by atoms with van der Waals surface area (Å²) < 4.78 is 41.3. The Morgan fingerprint density at radius 1 is 0.826 bits per heavy atom. The summed E-state index contributed by atoms with van der Waals surface area (Å²) in [6.45, 7) is 4.80. The summed E-state index contributed by atoms with van der Waals surface area (Å²) in [5.74, 6) is 0.965. The summed E-state index contributed by atoms with van der Waals surface area (Å²) >= 11 is 0. The van der Waals surface area contributed by atoms with Gasteiger partial charge in [-0.05, 0) is 80.1 Å². The van der Waals surface area contributed by atoms with Gasteiger partial charge in [0.1, 0.15) is 17.7 Å². The van der Waals surface area contributed by atoms with Gasteiger partial charge in [0.2, 0.25) is 0 Å². The van der Waals surface area contributed by atoms with Crippen LogP contribution in [0.15, 0.2) is 126 Å². The van der Waals surface area contributed by atoms with Crippen LogP contribution in [-0.4, -0.2) is 28.0 Å². The Bertz CT molecular complexity index is 1950. The van der Waals surface area contributed by atoms with Crippen molar-refractivity contribution < 1.29 is 22.7 Å². The Kier molecular flexibility index (Phi) is 8.68. The van der Waals surface area contributed by atoms with E-state index in [1.54, 1.807) is 36.3 Å². The van der Waals surface area contributed by atoms with E-state index in [1.165, 1.54) is 6.07 Å². The molecule has 234 valence electrons. The molecule has 0 bridgehead atoms. The molecule has 5 aromatic carbocycles. The Morgan fingerprint density at radius 3 is 2.22 bits per heavy atom. The molecule has 1 heterocycles. The number of para-hydroxylation sites is 1. The van der Waals surface area contributed by atoms with Crippen molar-refractivity contribution in [2.24, 2.45) is 0 Å². The molecule has 8 nitrogen and oxygen atoms in total. The average Bonchev–Trinajstić information content (AvgIpc) is 3.07. The van der Waals surface area contributed by atoms with Crippen molar-refractivity contribution in [1.82, 2.24) is 0 Å². The number of anilines is 3. The third kappa shape index (κ3) is 6.14. The molecule has 0 saturated carbocycles. The standard InChI is InChI=1S/C37H35N3O5S/c1-4-45-30-20-18-29(19-21-30)40-36(32-12-8-9-13-35(32)44-3)39(25-27-10-6-5-7-11-27)34-23-22-31(24-33(34)37(40)41)46(42,43)38-28-16-14-26(2)15-17-28/h5-24,36,38H,4,25H2,1-3H3. The first-order valence-electron chi connectivity index (χ1n) is 15.0. The van der Waals surface area contributed by atoms with Gasteiger partial charge < -0.3 is 14.4 Å². The largest absolute Gasteiger partial charge is 0.496 e. The predicted octanol–water partition coefficient (Wildman–Crippen LogP) is 7.57. The van der Waals surface area contributed by atoms with Crippen LogP contribution in [0.2, 0.25) is 0 Å². The minimum absolute atomic E-state index is 0.0118. The van der Waals surface area contributed by atoms with E-state index in [0.717, 1.165) is 16.7 Å². The molecule has 0 aliphatic carbocycles. The second kappa shape index (κ2) is 13.0. The fourth-order valence-corrected chi connectivity index (χ4v) is 6.80. The fourth-order valence-electron chi connectivity index (χ4n) is 5.72. The lowest BCUT2D eigenvalue weighted by molar-refractivity contribution is 0.0967. The van der Waals surface area contributed by atoms with Crippen LogP contribution in [0.4, 0.5) is 17.1 Å². The SMILES string of the molecule is CCOc1ccc(N2C(=O)c3cc(S(=O)(=O)Nc4ccc(C)cc4)ccc3N(Cc3ccccc3)C2c2ccccc2OC)cc1. The minimum atomic E-state index is -4.01. The van der Waals surface area contributed by atoms with Gasteiger partial charge in [0, 0.05) is 23.5 Å². The molecule has 0 fully saturated rings. The number of sulfonamides is 1. The zero-order chi connectivity index (χ0) is 32.3. The monoisotopic (exact) mass is 633 g/mol. The lowest BCUT2D eigenvalue weighted by atomic mass is 9.98. The Hall–Kier alpha value is -5.28. The lowest BCUT2D eigenvalue weighted by Gasteiger charge is -2.46. The smallest absolute Gasteiger partial charge is 0.262 e. The van der Waals surface area contributed by atoms with Crippen LogP contribution in [0.1, 0.15) is 40.1 Å². The Balaban J connectivity index is 1.53. The Morgan fingerprint density at radius 2 is 1.52 bits per heavy atom. The van der Waals surface area contributed by atoms with Crippen LogP contribution in [0.5, 0.6) is 11.5 Å². The van der Waals surface area contributed by atoms with Crippen molar-refractivity contribution in [2.75, 3.05) is 28.2 Å². The molecule has 1 aliphatic heterocycles.